The van der Waals surface area contributed by atoms with Crippen molar-refractivity contribution in [3.05, 3.63) is 57.6 Å². The zero-order chi connectivity index (χ0) is 17.0. The number of benzene rings is 2. The molecule has 0 amide bonds. The van der Waals surface area contributed by atoms with Crippen LogP contribution in [0.4, 0.5) is 0 Å². The van der Waals surface area contributed by atoms with Crippen molar-refractivity contribution in [2.24, 2.45) is 0 Å². The Morgan fingerprint density at radius 1 is 1.04 bits per heavy atom. The van der Waals surface area contributed by atoms with E-state index >= 15 is 0 Å². The largest absolute Gasteiger partial charge is 0.492 e. The second-order valence-corrected chi connectivity index (χ2v) is 7.62. The maximum absolute atomic E-state index is 12.2. The van der Waals surface area contributed by atoms with Gasteiger partial charge in [-0.15, -0.1) is 0 Å². The van der Waals surface area contributed by atoms with Crippen molar-refractivity contribution in [1.29, 1.82) is 0 Å². The number of halogens is 2. The molecule has 2 aromatic rings. The van der Waals surface area contributed by atoms with Gasteiger partial charge in [-0.2, -0.15) is 0 Å². The van der Waals surface area contributed by atoms with E-state index < -0.39 is 10.0 Å². The molecule has 7 heteroatoms. The van der Waals surface area contributed by atoms with Gasteiger partial charge in [0, 0.05) is 6.54 Å². The van der Waals surface area contributed by atoms with Crippen LogP contribution in [0.25, 0.3) is 0 Å². The van der Waals surface area contributed by atoms with Gasteiger partial charge in [-0.05, 0) is 43.2 Å². The second kappa shape index (κ2) is 7.53. The molecule has 0 fully saturated rings. The first-order valence-corrected chi connectivity index (χ1v) is 9.19. The van der Waals surface area contributed by atoms with E-state index in [9.17, 15) is 8.42 Å². The minimum Gasteiger partial charge on any atom is -0.492 e. The van der Waals surface area contributed by atoms with Gasteiger partial charge in [0.2, 0.25) is 10.0 Å². The molecule has 2 rings (SSSR count). The minimum absolute atomic E-state index is 0.0685. The van der Waals surface area contributed by atoms with E-state index in [2.05, 4.69) is 4.72 Å². The van der Waals surface area contributed by atoms with Gasteiger partial charge < -0.3 is 4.74 Å². The van der Waals surface area contributed by atoms with Crippen molar-refractivity contribution in [2.75, 3.05) is 13.2 Å². The zero-order valence-corrected chi connectivity index (χ0v) is 15.1. The van der Waals surface area contributed by atoms with Gasteiger partial charge in [0.15, 0.2) is 0 Å². The molecule has 0 heterocycles. The summed E-state index contributed by atoms with van der Waals surface area (Å²) in [6, 6.07) is 10.0. The lowest BCUT2D eigenvalue weighted by Crippen LogP contribution is -2.28. The van der Waals surface area contributed by atoms with Crippen LogP contribution in [0.15, 0.2) is 41.3 Å². The molecule has 0 aliphatic rings. The number of hydrogen-bond acceptors (Lipinski definition) is 3. The van der Waals surface area contributed by atoms with Crippen molar-refractivity contribution in [2.45, 2.75) is 18.7 Å². The van der Waals surface area contributed by atoms with Crippen LogP contribution in [-0.4, -0.2) is 21.6 Å². The Labute approximate surface area is 146 Å². The highest BCUT2D eigenvalue weighted by molar-refractivity contribution is 7.89. The van der Waals surface area contributed by atoms with Crippen molar-refractivity contribution in [3.63, 3.8) is 0 Å². The molecule has 23 heavy (non-hydrogen) atoms. The molecule has 4 nitrogen and oxygen atoms in total. The summed E-state index contributed by atoms with van der Waals surface area (Å²) in [7, 11) is -3.65. The number of nitrogens with one attached hydrogen (secondary N) is 1. The first-order valence-electron chi connectivity index (χ1n) is 6.95. The lowest BCUT2D eigenvalue weighted by Gasteiger charge is -2.12. The van der Waals surface area contributed by atoms with Gasteiger partial charge in [-0.3, -0.25) is 0 Å². The van der Waals surface area contributed by atoms with Gasteiger partial charge in [0.1, 0.15) is 12.4 Å². The van der Waals surface area contributed by atoms with Crippen molar-refractivity contribution >= 4 is 33.2 Å². The quantitative estimate of drug-likeness (QED) is 0.779. The number of para-hydroxylation sites is 1. The molecular weight excluding hydrogens is 357 g/mol. The van der Waals surface area contributed by atoms with Gasteiger partial charge in [0.25, 0.3) is 0 Å². The zero-order valence-electron chi connectivity index (χ0n) is 12.8. The summed E-state index contributed by atoms with van der Waals surface area (Å²) in [5.74, 6) is 0.779. The number of aryl methyl sites for hydroxylation is 2. The number of rotatable bonds is 6. The minimum atomic E-state index is -3.65. The third-order valence-electron chi connectivity index (χ3n) is 3.25. The molecule has 0 aliphatic carbocycles. The fraction of sp³-hybridized carbons (Fsp3) is 0.250. The van der Waals surface area contributed by atoms with Crippen LogP contribution in [-0.2, 0) is 10.0 Å². The van der Waals surface area contributed by atoms with Crippen LogP contribution >= 0.6 is 23.2 Å². The molecule has 1 N–H and O–H groups in total. The predicted molar refractivity (Wildman–Crippen MR) is 93.1 cm³/mol. The van der Waals surface area contributed by atoms with Crippen molar-refractivity contribution < 1.29 is 13.2 Å². The normalized spacial score (nSPS) is 11.5. The van der Waals surface area contributed by atoms with Gasteiger partial charge >= 0.3 is 0 Å². The molecule has 0 radical (unpaired) electrons. The Balaban J connectivity index is 1.96. The summed E-state index contributed by atoms with van der Waals surface area (Å²) in [4.78, 5) is 0.0685. The van der Waals surface area contributed by atoms with Gasteiger partial charge in [-0.25, -0.2) is 13.1 Å². The monoisotopic (exact) mass is 373 g/mol. The molecule has 0 saturated heterocycles. The molecular formula is C16H17Cl2NO3S. The third kappa shape index (κ3) is 4.61. The average molecular weight is 374 g/mol. The van der Waals surface area contributed by atoms with Crippen LogP contribution in [0, 0.1) is 13.8 Å². The van der Waals surface area contributed by atoms with Crippen LogP contribution < -0.4 is 9.46 Å². The Morgan fingerprint density at radius 2 is 1.70 bits per heavy atom. The fourth-order valence-electron chi connectivity index (χ4n) is 2.08. The van der Waals surface area contributed by atoms with E-state index in [1.54, 1.807) is 0 Å². The predicted octanol–water partition coefficient (Wildman–Crippen LogP) is 3.97. The van der Waals surface area contributed by atoms with Gasteiger partial charge in [-0.1, -0.05) is 41.4 Å². The summed E-state index contributed by atoms with van der Waals surface area (Å²) >= 11 is 11.6. The molecule has 0 spiro atoms. The summed E-state index contributed by atoms with van der Waals surface area (Å²) in [6.07, 6.45) is 0. The summed E-state index contributed by atoms with van der Waals surface area (Å²) in [5.41, 5.74) is 2.02. The fourth-order valence-corrected chi connectivity index (χ4v) is 3.49. The van der Waals surface area contributed by atoms with Gasteiger partial charge in [0.05, 0.1) is 14.9 Å². The average Bonchev–Trinajstić information content (AvgIpc) is 2.48. The standard InChI is InChI=1S/C16H17Cl2NO3S/c1-11-4-3-5-12(2)16(11)22-9-8-19-23(20,21)13-6-7-14(17)15(18)10-13/h3-7,10,19H,8-9H2,1-2H3. The highest BCUT2D eigenvalue weighted by atomic mass is 35.5. The molecule has 0 bridgehead atoms. The first-order chi connectivity index (χ1) is 10.8. The Kier molecular flexibility index (Phi) is 5.92. The lowest BCUT2D eigenvalue weighted by atomic mass is 10.1. The number of sulfonamides is 1. The number of ether oxygens (including phenoxy) is 1. The highest BCUT2D eigenvalue weighted by Gasteiger charge is 2.15. The summed E-state index contributed by atoms with van der Waals surface area (Å²) in [6.45, 7) is 4.27. The maximum atomic E-state index is 12.2. The first kappa shape index (κ1) is 18.1. The Hall–Kier alpha value is -1.27. The molecule has 0 atom stereocenters. The third-order valence-corrected chi connectivity index (χ3v) is 5.45. The smallest absolute Gasteiger partial charge is 0.240 e. The van der Waals surface area contributed by atoms with E-state index in [0.29, 0.717) is 5.02 Å². The van der Waals surface area contributed by atoms with E-state index in [-0.39, 0.29) is 23.1 Å². The molecule has 0 aromatic heterocycles. The lowest BCUT2D eigenvalue weighted by molar-refractivity contribution is 0.318. The van der Waals surface area contributed by atoms with Crippen LogP contribution in [0.3, 0.4) is 0 Å². The molecule has 0 aliphatic heterocycles. The van der Waals surface area contributed by atoms with Crippen LogP contribution in [0.5, 0.6) is 5.75 Å². The number of hydrogen-bond donors (Lipinski definition) is 1. The van der Waals surface area contributed by atoms with Crippen molar-refractivity contribution in [1.82, 2.24) is 4.72 Å². The topological polar surface area (TPSA) is 55.4 Å². The van der Waals surface area contributed by atoms with E-state index in [4.69, 9.17) is 27.9 Å². The second-order valence-electron chi connectivity index (χ2n) is 5.04. The maximum Gasteiger partial charge on any atom is 0.240 e. The van der Waals surface area contributed by atoms with Crippen LogP contribution in [0.2, 0.25) is 10.0 Å². The van der Waals surface area contributed by atoms with E-state index in [0.717, 1.165) is 16.9 Å². The molecule has 0 saturated carbocycles. The molecule has 124 valence electrons. The SMILES string of the molecule is Cc1cccc(C)c1OCCNS(=O)(=O)c1ccc(Cl)c(Cl)c1. The molecule has 2 aromatic carbocycles. The van der Waals surface area contributed by atoms with E-state index in [1.165, 1.54) is 18.2 Å². The molecule has 0 unspecified atom stereocenters. The summed E-state index contributed by atoms with van der Waals surface area (Å²) < 4.78 is 32.5. The Bertz CT molecular complexity index is 787. The summed E-state index contributed by atoms with van der Waals surface area (Å²) in [5, 5.41) is 0.505. The van der Waals surface area contributed by atoms with Crippen molar-refractivity contribution in [3.8, 4) is 5.75 Å². The van der Waals surface area contributed by atoms with E-state index in [1.807, 2.05) is 32.0 Å². The van der Waals surface area contributed by atoms with Crippen LogP contribution in [0.1, 0.15) is 11.1 Å². The highest BCUT2D eigenvalue weighted by Crippen LogP contribution is 2.25. The Morgan fingerprint density at radius 3 is 2.30 bits per heavy atom.